The monoisotopic (exact) mass is 142 g/mol. The Kier molecular flexibility index (Phi) is 4.08. The molecular formula is C8H18N2. The molecule has 0 fully saturated rings. The Balaban J connectivity index is 4.04. The van der Waals surface area contributed by atoms with Crippen LogP contribution in [0, 0.1) is 5.92 Å². The molecule has 0 spiro atoms. The lowest BCUT2D eigenvalue weighted by Crippen LogP contribution is -2.25. The quantitative estimate of drug-likeness (QED) is 0.460. The average Bonchev–Trinajstić information content (AvgIpc) is 1.81. The molecule has 10 heavy (non-hydrogen) atoms. The summed E-state index contributed by atoms with van der Waals surface area (Å²) in [6, 6.07) is 0.393. The minimum atomic E-state index is 0.393. The van der Waals surface area contributed by atoms with Crippen LogP contribution in [0.4, 0.5) is 0 Å². The molecular weight excluding hydrogens is 124 g/mol. The Hall–Kier alpha value is -0.530. The SMILES string of the molecule is CN/C(=N/C(C)C)C(C)C. The molecule has 0 radical (unpaired) electrons. The van der Waals surface area contributed by atoms with Crippen molar-refractivity contribution in [3.8, 4) is 0 Å². The maximum absolute atomic E-state index is 4.40. The highest BCUT2D eigenvalue weighted by Gasteiger charge is 2.01. The molecule has 0 saturated carbocycles. The van der Waals surface area contributed by atoms with Gasteiger partial charge in [-0.3, -0.25) is 4.99 Å². The fourth-order valence-corrected chi connectivity index (χ4v) is 0.780. The van der Waals surface area contributed by atoms with E-state index in [0.29, 0.717) is 12.0 Å². The minimum absolute atomic E-state index is 0.393. The van der Waals surface area contributed by atoms with Crippen LogP contribution in [-0.2, 0) is 0 Å². The van der Waals surface area contributed by atoms with Crippen LogP contribution in [0.3, 0.4) is 0 Å². The molecule has 0 unspecified atom stereocenters. The second kappa shape index (κ2) is 4.31. The Morgan fingerprint density at radius 3 is 1.80 bits per heavy atom. The van der Waals surface area contributed by atoms with E-state index < -0.39 is 0 Å². The van der Waals surface area contributed by atoms with Gasteiger partial charge in [-0.2, -0.15) is 0 Å². The smallest absolute Gasteiger partial charge is 0.0989 e. The fraction of sp³-hybridized carbons (Fsp3) is 0.875. The minimum Gasteiger partial charge on any atom is -0.377 e. The second-order valence-electron chi connectivity index (χ2n) is 3.01. The van der Waals surface area contributed by atoms with Crippen molar-refractivity contribution in [1.82, 2.24) is 5.32 Å². The molecule has 0 bridgehead atoms. The topological polar surface area (TPSA) is 24.4 Å². The normalized spacial score (nSPS) is 12.9. The van der Waals surface area contributed by atoms with E-state index in [-0.39, 0.29) is 0 Å². The summed E-state index contributed by atoms with van der Waals surface area (Å²) >= 11 is 0. The zero-order valence-corrected chi connectivity index (χ0v) is 7.60. The first kappa shape index (κ1) is 9.47. The number of hydrogen-bond acceptors (Lipinski definition) is 1. The van der Waals surface area contributed by atoms with E-state index in [1.165, 1.54) is 0 Å². The van der Waals surface area contributed by atoms with E-state index >= 15 is 0 Å². The zero-order chi connectivity index (χ0) is 8.15. The average molecular weight is 142 g/mol. The highest BCUT2D eigenvalue weighted by molar-refractivity contribution is 5.83. The summed E-state index contributed by atoms with van der Waals surface area (Å²) in [5.41, 5.74) is 0. The third-order valence-electron chi connectivity index (χ3n) is 1.20. The largest absolute Gasteiger partial charge is 0.377 e. The van der Waals surface area contributed by atoms with Gasteiger partial charge in [-0.15, -0.1) is 0 Å². The van der Waals surface area contributed by atoms with Crippen molar-refractivity contribution in [2.24, 2.45) is 10.9 Å². The van der Waals surface area contributed by atoms with Gasteiger partial charge in [-0.1, -0.05) is 13.8 Å². The van der Waals surface area contributed by atoms with E-state index in [2.05, 4.69) is 38.0 Å². The van der Waals surface area contributed by atoms with Gasteiger partial charge in [0.25, 0.3) is 0 Å². The Morgan fingerprint density at radius 1 is 1.20 bits per heavy atom. The molecule has 0 amide bonds. The van der Waals surface area contributed by atoms with Crippen molar-refractivity contribution < 1.29 is 0 Å². The van der Waals surface area contributed by atoms with E-state index in [0.717, 1.165) is 5.84 Å². The number of aliphatic imine (C=N–C) groups is 1. The number of hydrogen-bond donors (Lipinski definition) is 1. The molecule has 2 heteroatoms. The molecule has 0 aromatic carbocycles. The maximum Gasteiger partial charge on any atom is 0.0989 e. The van der Waals surface area contributed by atoms with Crippen LogP contribution in [0.15, 0.2) is 4.99 Å². The predicted molar refractivity (Wildman–Crippen MR) is 46.5 cm³/mol. The summed E-state index contributed by atoms with van der Waals surface area (Å²) in [5.74, 6) is 1.60. The summed E-state index contributed by atoms with van der Waals surface area (Å²) in [5, 5.41) is 3.08. The third-order valence-corrected chi connectivity index (χ3v) is 1.20. The molecule has 2 nitrogen and oxygen atoms in total. The van der Waals surface area contributed by atoms with Crippen LogP contribution in [0.1, 0.15) is 27.7 Å². The standard InChI is InChI=1S/C8H18N2/c1-6(2)8(9-5)10-7(3)4/h6-7H,1-5H3,(H,9,10). The lowest BCUT2D eigenvalue weighted by atomic mass is 10.2. The van der Waals surface area contributed by atoms with Gasteiger partial charge in [0, 0.05) is 19.0 Å². The van der Waals surface area contributed by atoms with Gasteiger partial charge in [-0.25, -0.2) is 0 Å². The zero-order valence-electron chi connectivity index (χ0n) is 7.60. The van der Waals surface area contributed by atoms with E-state index in [9.17, 15) is 0 Å². The molecule has 0 aliphatic rings. The van der Waals surface area contributed by atoms with Crippen LogP contribution in [0.5, 0.6) is 0 Å². The summed E-state index contributed by atoms with van der Waals surface area (Å²) in [7, 11) is 1.92. The van der Waals surface area contributed by atoms with Crippen LogP contribution in [-0.4, -0.2) is 18.9 Å². The molecule has 0 aromatic rings. The first-order valence-corrected chi connectivity index (χ1v) is 3.83. The first-order valence-electron chi connectivity index (χ1n) is 3.83. The Bertz CT molecular complexity index is 114. The van der Waals surface area contributed by atoms with Crippen molar-refractivity contribution in [3.63, 3.8) is 0 Å². The molecule has 0 aromatic heterocycles. The van der Waals surface area contributed by atoms with Crippen molar-refractivity contribution >= 4 is 5.84 Å². The summed E-state index contributed by atoms with van der Waals surface area (Å²) < 4.78 is 0. The van der Waals surface area contributed by atoms with Gasteiger partial charge < -0.3 is 5.32 Å². The number of rotatable bonds is 2. The first-order chi connectivity index (χ1) is 4.57. The van der Waals surface area contributed by atoms with Crippen LogP contribution < -0.4 is 5.32 Å². The molecule has 0 aliphatic carbocycles. The van der Waals surface area contributed by atoms with E-state index in [1.807, 2.05) is 7.05 Å². The molecule has 0 rings (SSSR count). The predicted octanol–water partition coefficient (Wildman–Crippen LogP) is 1.67. The lowest BCUT2D eigenvalue weighted by molar-refractivity contribution is 0.769. The fourth-order valence-electron chi connectivity index (χ4n) is 0.780. The van der Waals surface area contributed by atoms with Crippen LogP contribution >= 0.6 is 0 Å². The van der Waals surface area contributed by atoms with Gasteiger partial charge in [0.05, 0.1) is 5.84 Å². The van der Waals surface area contributed by atoms with Gasteiger partial charge in [0.15, 0.2) is 0 Å². The third kappa shape index (κ3) is 3.49. The van der Waals surface area contributed by atoms with Gasteiger partial charge in [0.2, 0.25) is 0 Å². The maximum atomic E-state index is 4.40. The molecule has 0 atom stereocenters. The molecule has 0 heterocycles. The van der Waals surface area contributed by atoms with Crippen LogP contribution in [0.2, 0.25) is 0 Å². The van der Waals surface area contributed by atoms with Gasteiger partial charge in [-0.05, 0) is 13.8 Å². The van der Waals surface area contributed by atoms with Crippen molar-refractivity contribution in [2.75, 3.05) is 7.05 Å². The second-order valence-corrected chi connectivity index (χ2v) is 3.01. The number of nitrogens with one attached hydrogen (secondary N) is 1. The number of nitrogens with zero attached hydrogens (tertiary/aromatic N) is 1. The van der Waals surface area contributed by atoms with Crippen molar-refractivity contribution in [3.05, 3.63) is 0 Å². The summed E-state index contributed by atoms with van der Waals surface area (Å²) in [6.45, 7) is 8.44. The van der Waals surface area contributed by atoms with Crippen LogP contribution in [0.25, 0.3) is 0 Å². The van der Waals surface area contributed by atoms with Gasteiger partial charge in [0.1, 0.15) is 0 Å². The Morgan fingerprint density at radius 2 is 1.70 bits per heavy atom. The van der Waals surface area contributed by atoms with Crippen molar-refractivity contribution in [2.45, 2.75) is 33.7 Å². The number of amidine groups is 1. The lowest BCUT2D eigenvalue weighted by Gasteiger charge is -2.10. The van der Waals surface area contributed by atoms with E-state index in [4.69, 9.17) is 0 Å². The Labute approximate surface area is 63.7 Å². The van der Waals surface area contributed by atoms with Crippen molar-refractivity contribution in [1.29, 1.82) is 0 Å². The molecule has 0 saturated heterocycles. The van der Waals surface area contributed by atoms with Gasteiger partial charge >= 0.3 is 0 Å². The summed E-state index contributed by atoms with van der Waals surface area (Å²) in [4.78, 5) is 4.40. The highest BCUT2D eigenvalue weighted by atomic mass is 15.0. The molecule has 0 aliphatic heterocycles. The molecule has 60 valence electrons. The molecule has 1 N–H and O–H groups in total. The highest BCUT2D eigenvalue weighted by Crippen LogP contribution is 1.96. The van der Waals surface area contributed by atoms with E-state index in [1.54, 1.807) is 0 Å². The summed E-state index contributed by atoms with van der Waals surface area (Å²) in [6.07, 6.45) is 0.